The van der Waals surface area contributed by atoms with E-state index in [2.05, 4.69) is 51.7 Å². The predicted octanol–water partition coefficient (Wildman–Crippen LogP) is 4.25. The lowest BCUT2D eigenvalue weighted by molar-refractivity contribution is 0.221. The van der Waals surface area contributed by atoms with Crippen molar-refractivity contribution in [3.05, 3.63) is 65.2 Å². The van der Waals surface area contributed by atoms with Gasteiger partial charge in [0.25, 0.3) is 0 Å². The summed E-state index contributed by atoms with van der Waals surface area (Å²) in [6, 6.07) is 16.1. The molecular formula is C23H33IN4O. The zero-order chi connectivity index (χ0) is 19.6. The monoisotopic (exact) mass is 508 g/mol. The second kappa shape index (κ2) is 12.7. The third kappa shape index (κ3) is 8.22. The molecular weight excluding hydrogens is 475 g/mol. The Morgan fingerprint density at radius 3 is 2.17 bits per heavy atom. The maximum Gasteiger partial charge on any atom is 0.191 e. The summed E-state index contributed by atoms with van der Waals surface area (Å²) in [6.45, 7) is 7.71. The molecule has 1 heterocycles. The van der Waals surface area contributed by atoms with Gasteiger partial charge in [-0.05, 0) is 61.7 Å². The maximum absolute atomic E-state index is 9.38. The van der Waals surface area contributed by atoms with Crippen LogP contribution in [-0.2, 0) is 19.6 Å². The number of phenolic OH excluding ortho intramolecular Hbond substituents is 1. The molecule has 5 nitrogen and oxygen atoms in total. The number of aliphatic imine (C=N–C) groups is 1. The zero-order valence-corrected chi connectivity index (χ0v) is 19.6. The van der Waals surface area contributed by atoms with Crippen molar-refractivity contribution in [1.82, 2.24) is 15.5 Å². The van der Waals surface area contributed by atoms with Crippen molar-refractivity contribution in [2.45, 2.75) is 45.8 Å². The van der Waals surface area contributed by atoms with E-state index in [9.17, 15) is 5.11 Å². The highest BCUT2D eigenvalue weighted by Gasteiger charge is 2.10. The molecule has 3 N–H and O–H groups in total. The lowest BCUT2D eigenvalue weighted by atomic mass is 10.1. The second-order valence-corrected chi connectivity index (χ2v) is 7.37. The molecule has 2 aromatic carbocycles. The molecule has 1 aliphatic heterocycles. The molecule has 1 fully saturated rings. The summed E-state index contributed by atoms with van der Waals surface area (Å²) in [5.41, 5.74) is 3.70. The van der Waals surface area contributed by atoms with E-state index in [4.69, 9.17) is 0 Å². The Morgan fingerprint density at radius 2 is 1.52 bits per heavy atom. The first-order valence-corrected chi connectivity index (χ1v) is 10.3. The molecule has 0 amide bonds. The number of hydrogen-bond acceptors (Lipinski definition) is 3. The number of phenols is 1. The first-order chi connectivity index (χ1) is 13.7. The van der Waals surface area contributed by atoms with Gasteiger partial charge in [0.05, 0.1) is 6.54 Å². The molecule has 0 spiro atoms. The quantitative estimate of drug-likeness (QED) is 0.298. The second-order valence-electron chi connectivity index (χ2n) is 7.37. The van der Waals surface area contributed by atoms with E-state index in [1.165, 1.54) is 43.5 Å². The van der Waals surface area contributed by atoms with Gasteiger partial charge in [-0.2, -0.15) is 0 Å². The summed E-state index contributed by atoms with van der Waals surface area (Å²) in [6.07, 6.45) is 4.04. The van der Waals surface area contributed by atoms with Crippen LogP contribution in [-0.4, -0.2) is 35.6 Å². The lowest BCUT2D eigenvalue weighted by Gasteiger charge is -2.26. The summed E-state index contributed by atoms with van der Waals surface area (Å²) in [7, 11) is 0. The average Bonchev–Trinajstić information content (AvgIpc) is 2.73. The van der Waals surface area contributed by atoms with Crippen molar-refractivity contribution in [2.24, 2.45) is 4.99 Å². The Balaban J connectivity index is 0.00000300. The highest BCUT2D eigenvalue weighted by atomic mass is 127. The molecule has 1 saturated heterocycles. The number of nitrogens with zero attached hydrogens (tertiary/aromatic N) is 2. The van der Waals surface area contributed by atoms with Crippen LogP contribution < -0.4 is 10.6 Å². The Bertz CT molecular complexity index is 740. The molecule has 0 unspecified atom stereocenters. The number of benzene rings is 2. The van der Waals surface area contributed by atoms with E-state index in [-0.39, 0.29) is 29.7 Å². The first kappa shape index (κ1) is 23.5. The summed E-state index contributed by atoms with van der Waals surface area (Å²) < 4.78 is 0. The van der Waals surface area contributed by atoms with Gasteiger partial charge in [0, 0.05) is 19.6 Å². The number of hydrogen-bond donors (Lipinski definition) is 3. The smallest absolute Gasteiger partial charge is 0.191 e. The molecule has 1 aliphatic rings. The zero-order valence-electron chi connectivity index (χ0n) is 17.2. The maximum atomic E-state index is 9.38. The summed E-state index contributed by atoms with van der Waals surface area (Å²) >= 11 is 0. The van der Waals surface area contributed by atoms with E-state index in [1.54, 1.807) is 12.1 Å². The molecule has 0 radical (unpaired) electrons. The van der Waals surface area contributed by atoms with Crippen LogP contribution in [0.5, 0.6) is 5.75 Å². The van der Waals surface area contributed by atoms with E-state index >= 15 is 0 Å². The summed E-state index contributed by atoms with van der Waals surface area (Å²) in [4.78, 5) is 7.18. The Labute approximate surface area is 191 Å². The number of rotatable bonds is 7. The number of guanidine groups is 1. The number of nitrogens with one attached hydrogen (secondary N) is 2. The van der Waals surface area contributed by atoms with Gasteiger partial charge in [-0.3, -0.25) is 4.90 Å². The molecule has 0 atom stereocenters. The topological polar surface area (TPSA) is 59.9 Å². The van der Waals surface area contributed by atoms with Gasteiger partial charge in [-0.25, -0.2) is 4.99 Å². The molecule has 0 aliphatic carbocycles. The summed E-state index contributed by atoms with van der Waals surface area (Å²) in [5.74, 6) is 1.08. The molecule has 0 aromatic heterocycles. The minimum absolute atomic E-state index is 0. The van der Waals surface area contributed by atoms with Gasteiger partial charge >= 0.3 is 0 Å². The van der Waals surface area contributed by atoms with Gasteiger partial charge < -0.3 is 15.7 Å². The SMILES string of the molecule is CCNC(=NCc1ccc(O)cc1)NCc1ccc(CN2CCCCC2)cc1.I. The Morgan fingerprint density at radius 1 is 0.897 bits per heavy atom. The third-order valence-corrected chi connectivity index (χ3v) is 5.04. The fraction of sp³-hybridized carbons (Fsp3) is 0.435. The van der Waals surface area contributed by atoms with Crippen LogP contribution in [0.1, 0.15) is 42.9 Å². The molecule has 2 aromatic rings. The minimum atomic E-state index is 0. The highest BCUT2D eigenvalue weighted by Crippen LogP contribution is 2.14. The van der Waals surface area contributed by atoms with Crippen LogP contribution in [0.15, 0.2) is 53.5 Å². The van der Waals surface area contributed by atoms with Gasteiger partial charge in [0.15, 0.2) is 5.96 Å². The van der Waals surface area contributed by atoms with Crippen molar-refractivity contribution in [1.29, 1.82) is 0 Å². The van der Waals surface area contributed by atoms with Crippen molar-refractivity contribution in [3.8, 4) is 5.75 Å². The number of likely N-dealkylation sites (tertiary alicyclic amines) is 1. The van der Waals surface area contributed by atoms with Crippen LogP contribution >= 0.6 is 24.0 Å². The van der Waals surface area contributed by atoms with Gasteiger partial charge in [0.2, 0.25) is 0 Å². The molecule has 6 heteroatoms. The van der Waals surface area contributed by atoms with E-state index in [0.717, 1.165) is 31.2 Å². The predicted molar refractivity (Wildman–Crippen MR) is 131 cm³/mol. The van der Waals surface area contributed by atoms with Gasteiger partial charge in [-0.15, -0.1) is 24.0 Å². The van der Waals surface area contributed by atoms with E-state index in [0.29, 0.717) is 6.54 Å². The van der Waals surface area contributed by atoms with Crippen LogP contribution in [0.25, 0.3) is 0 Å². The first-order valence-electron chi connectivity index (χ1n) is 10.3. The molecule has 0 bridgehead atoms. The van der Waals surface area contributed by atoms with Crippen molar-refractivity contribution in [3.63, 3.8) is 0 Å². The number of piperidine rings is 1. The molecule has 29 heavy (non-hydrogen) atoms. The largest absolute Gasteiger partial charge is 0.508 e. The van der Waals surface area contributed by atoms with Crippen molar-refractivity contribution >= 4 is 29.9 Å². The minimum Gasteiger partial charge on any atom is -0.508 e. The van der Waals surface area contributed by atoms with E-state index in [1.807, 2.05) is 12.1 Å². The molecule has 158 valence electrons. The Hall–Kier alpha value is -1.80. The van der Waals surface area contributed by atoms with Crippen molar-refractivity contribution < 1.29 is 5.11 Å². The number of halogens is 1. The van der Waals surface area contributed by atoms with Gasteiger partial charge in [0.1, 0.15) is 5.75 Å². The fourth-order valence-corrected chi connectivity index (χ4v) is 3.44. The van der Waals surface area contributed by atoms with E-state index < -0.39 is 0 Å². The molecule has 0 saturated carbocycles. The van der Waals surface area contributed by atoms with Crippen LogP contribution in [0.3, 0.4) is 0 Å². The normalized spacial score (nSPS) is 14.9. The highest BCUT2D eigenvalue weighted by molar-refractivity contribution is 14.0. The fourth-order valence-electron chi connectivity index (χ4n) is 3.44. The Kier molecular flexibility index (Phi) is 10.3. The standard InChI is InChI=1S/C23H32N4O.HI/c1-2-24-23(26-17-20-10-12-22(28)13-11-20)25-16-19-6-8-21(9-7-19)18-27-14-4-3-5-15-27;/h6-13,28H,2-5,14-18H2,1H3,(H2,24,25,26);1H. The third-order valence-electron chi connectivity index (χ3n) is 5.04. The van der Waals surface area contributed by atoms with Crippen molar-refractivity contribution in [2.75, 3.05) is 19.6 Å². The average molecular weight is 508 g/mol. The number of aromatic hydroxyl groups is 1. The summed E-state index contributed by atoms with van der Waals surface area (Å²) in [5, 5.41) is 16.1. The lowest BCUT2D eigenvalue weighted by Crippen LogP contribution is -2.36. The van der Waals surface area contributed by atoms with Crippen LogP contribution in [0, 0.1) is 0 Å². The van der Waals surface area contributed by atoms with Crippen LogP contribution in [0.4, 0.5) is 0 Å². The van der Waals surface area contributed by atoms with Gasteiger partial charge in [-0.1, -0.05) is 42.8 Å². The van der Waals surface area contributed by atoms with Crippen LogP contribution in [0.2, 0.25) is 0 Å². The molecule has 3 rings (SSSR count).